The Morgan fingerprint density at radius 3 is 1.75 bits per heavy atom. The van der Waals surface area contributed by atoms with Gasteiger partial charge in [0.2, 0.25) is 0 Å². The summed E-state index contributed by atoms with van der Waals surface area (Å²) in [7, 11) is 1.95. The van der Waals surface area contributed by atoms with Crippen LogP contribution in [0, 0.1) is 0 Å². The summed E-state index contributed by atoms with van der Waals surface area (Å²) < 4.78 is 2.16. The third-order valence-corrected chi connectivity index (χ3v) is 4.03. The normalized spacial score (nSPS) is 9.50. The summed E-state index contributed by atoms with van der Waals surface area (Å²) in [6.07, 6.45) is 7.79. The summed E-state index contributed by atoms with van der Waals surface area (Å²) in [6.45, 7) is 20.7. The van der Waals surface area contributed by atoms with Gasteiger partial charge in [-0.3, -0.25) is 0 Å². The minimum Gasteiger partial charge on any atom is -0.374 e. The van der Waals surface area contributed by atoms with Crippen LogP contribution in [0.4, 0.5) is 5.82 Å². The third kappa shape index (κ3) is 9.09. The van der Waals surface area contributed by atoms with Gasteiger partial charge in [0.05, 0.1) is 0 Å². The first-order valence-electron chi connectivity index (χ1n) is 11.1. The Balaban J connectivity index is 0.00000106. The molecule has 2 nitrogen and oxygen atoms in total. The van der Waals surface area contributed by atoms with Gasteiger partial charge in [-0.05, 0) is 56.2 Å². The van der Waals surface area contributed by atoms with Crippen LogP contribution < -0.4 is 5.32 Å². The molecule has 0 fully saturated rings. The maximum Gasteiger partial charge on any atom is 0.117 e. The number of nitrogens with one attached hydrogen (secondary N) is 1. The largest absolute Gasteiger partial charge is 0.374 e. The van der Waals surface area contributed by atoms with Crippen molar-refractivity contribution in [2.45, 2.75) is 34.6 Å². The van der Waals surface area contributed by atoms with Crippen LogP contribution in [0.1, 0.15) is 45.7 Å². The van der Waals surface area contributed by atoms with Crippen molar-refractivity contribution in [3.05, 3.63) is 122 Å². The van der Waals surface area contributed by atoms with Gasteiger partial charge in [0.25, 0.3) is 0 Å². The number of nitrogens with zero attached hydrogens (tertiary/aromatic N) is 1. The average Bonchev–Trinajstić information content (AvgIpc) is 3.23. The molecule has 0 aliphatic carbocycles. The molecule has 0 amide bonds. The van der Waals surface area contributed by atoms with E-state index in [2.05, 4.69) is 84.4 Å². The van der Waals surface area contributed by atoms with Crippen LogP contribution in [-0.2, 0) is 0 Å². The van der Waals surface area contributed by atoms with Crippen molar-refractivity contribution >= 4 is 17.5 Å². The van der Waals surface area contributed by atoms with Gasteiger partial charge in [-0.2, -0.15) is 0 Å². The molecule has 2 heteroatoms. The zero-order valence-corrected chi connectivity index (χ0v) is 20.7. The van der Waals surface area contributed by atoms with Crippen molar-refractivity contribution in [1.82, 2.24) is 4.57 Å². The van der Waals surface area contributed by atoms with E-state index in [0.717, 1.165) is 28.2 Å². The zero-order valence-electron chi connectivity index (χ0n) is 20.7. The highest BCUT2D eigenvalue weighted by molar-refractivity contribution is 5.92. The Bertz CT molecular complexity index is 939. The molecule has 0 saturated heterocycles. The molecule has 1 aromatic heterocycles. The van der Waals surface area contributed by atoms with Gasteiger partial charge >= 0.3 is 0 Å². The second-order valence-electron chi connectivity index (χ2n) is 6.60. The molecule has 3 aromatic rings. The summed E-state index contributed by atoms with van der Waals surface area (Å²) in [6, 6.07) is 22.8. The van der Waals surface area contributed by atoms with Gasteiger partial charge < -0.3 is 9.88 Å². The van der Waals surface area contributed by atoms with Crippen LogP contribution >= 0.6 is 0 Å². The van der Waals surface area contributed by atoms with Crippen molar-refractivity contribution < 1.29 is 0 Å². The monoisotopic (exact) mass is 428 g/mol. The summed E-state index contributed by atoms with van der Waals surface area (Å²) in [5.41, 5.74) is 5.66. The van der Waals surface area contributed by atoms with Crippen LogP contribution in [0.5, 0.6) is 0 Å². The van der Waals surface area contributed by atoms with Crippen LogP contribution in [-0.4, -0.2) is 11.6 Å². The van der Waals surface area contributed by atoms with E-state index < -0.39 is 0 Å². The van der Waals surface area contributed by atoms with E-state index in [-0.39, 0.29) is 0 Å². The van der Waals surface area contributed by atoms with Crippen molar-refractivity contribution in [1.29, 1.82) is 0 Å². The first-order valence-corrected chi connectivity index (χ1v) is 11.1. The van der Waals surface area contributed by atoms with E-state index in [1.165, 1.54) is 5.56 Å². The molecule has 0 spiro atoms. The van der Waals surface area contributed by atoms with E-state index in [0.29, 0.717) is 0 Å². The Morgan fingerprint density at radius 1 is 0.844 bits per heavy atom. The lowest BCUT2D eigenvalue weighted by molar-refractivity contribution is 1.08. The Hall–Kier alpha value is -3.52. The molecular formula is C30H40N2. The van der Waals surface area contributed by atoms with Crippen LogP contribution in [0.3, 0.4) is 0 Å². The molecule has 0 atom stereocenters. The fourth-order valence-corrected chi connectivity index (χ4v) is 2.86. The third-order valence-electron chi connectivity index (χ3n) is 4.03. The molecule has 0 saturated carbocycles. The van der Waals surface area contributed by atoms with Gasteiger partial charge in [-0.25, -0.2) is 0 Å². The number of aromatic nitrogens is 1. The molecule has 0 bridgehead atoms. The number of allylic oxidation sites excluding steroid dienone is 4. The first kappa shape index (κ1) is 28.5. The smallest absolute Gasteiger partial charge is 0.117 e. The van der Waals surface area contributed by atoms with E-state index in [4.69, 9.17) is 0 Å². The fraction of sp³-hybridized carbons (Fsp3) is 0.200. The molecule has 1 N–H and O–H groups in total. The fourth-order valence-electron chi connectivity index (χ4n) is 2.86. The molecule has 170 valence electrons. The quantitative estimate of drug-likeness (QED) is 0.317. The van der Waals surface area contributed by atoms with E-state index in [9.17, 15) is 0 Å². The second kappa shape index (κ2) is 17.2. The van der Waals surface area contributed by atoms with Crippen molar-refractivity contribution in [3.63, 3.8) is 0 Å². The average molecular weight is 429 g/mol. The van der Waals surface area contributed by atoms with Gasteiger partial charge in [-0.1, -0.05) is 86.7 Å². The number of anilines is 1. The van der Waals surface area contributed by atoms with Crippen LogP contribution in [0.25, 0.3) is 17.3 Å². The lowest BCUT2D eigenvalue weighted by Gasteiger charge is -2.11. The molecule has 32 heavy (non-hydrogen) atoms. The van der Waals surface area contributed by atoms with Gasteiger partial charge in [0.15, 0.2) is 0 Å². The van der Waals surface area contributed by atoms with Crippen LogP contribution in [0.2, 0.25) is 0 Å². The molecule has 1 heterocycles. The molecule has 0 unspecified atom stereocenters. The number of para-hydroxylation sites is 1. The van der Waals surface area contributed by atoms with Crippen molar-refractivity contribution in [3.8, 4) is 5.69 Å². The highest BCUT2D eigenvalue weighted by Crippen LogP contribution is 2.29. The van der Waals surface area contributed by atoms with Crippen molar-refractivity contribution in [2.75, 3.05) is 12.4 Å². The molecule has 0 aliphatic rings. The molecular weight excluding hydrogens is 388 g/mol. The maximum absolute atomic E-state index is 4.15. The summed E-state index contributed by atoms with van der Waals surface area (Å²) in [4.78, 5) is 0. The first-order chi connectivity index (χ1) is 15.5. The Morgan fingerprint density at radius 2 is 1.31 bits per heavy atom. The number of benzene rings is 2. The molecule has 2 aromatic carbocycles. The number of hydrogen-bond donors (Lipinski definition) is 1. The Labute approximate surface area is 196 Å². The minimum atomic E-state index is 1.05. The maximum atomic E-state index is 4.15. The second-order valence-corrected chi connectivity index (χ2v) is 6.60. The topological polar surface area (TPSA) is 17.0 Å². The predicted octanol–water partition coefficient (Wildman–Crippen LogP) is 9.05. The molecule has 3 rings (SSSR count). The van der Waals surface area contributed by atoms with Gasteiger partial charge in [-0.15, -0.1) is 13.2 Å². The summed E-state index contributed by atoms with van der Waals surface area (Å²) in [5.74, 6) is 1.07. The highest BCUT2D eigenvalue weighted by atomic mass is 15.1. The highest BCUT2D eigenvalue weighted by Gasteiger charge is 2.10. The SMILES string of the molecule is C=C(C)/C(=C/c1ccn(-c2ccccc2)c1NC)c1ccccc1.C=CC.C=CC.CC. The summed E-state index contributed by atoms with van der Waals surface area (Å²) >= 11 is 0. The minimum absolute atomic E-state index is 1.05. The number of rotatable bonds is 5. The lowest BCUT2D eigenvalue weighted by Crippen LogP contribution is -2.00. The number of hydrogen-bond acceptors (Lipinski definition) is 1. The van der Waals surface area contributed by atoms with Gasteiger partial charge in [0.1, 0.15) is 5.82 Å². The van der Waals surface area contributed by atoms with Crippen LogP contribution in [0.15, 0.2) is 110 Å². The van der Waals surface area contributed by atoms with E-state index in [1.807, 2.05) is 65.9 Å². The lowest BCUT2D eigenvalue weighted by atomic mass is 9.98. The molecule has 0 radical (unpaired) electrons. The Kier molecular flexibility index (Phi) is 15.3. The summed E-state index contributed by atoms with van der Waals surface area (Å²) in [5, 5.41) is 3.33. The van der Waals surface area contributed by atoms with Crippen molar-refractivity contribution in [2.24, 2.45) is 0 Å². The van der Waals surface area contributed by atoms with E-state index in [1.54, 1.807) is 12.2 Å². The molecule has 0 aliphatic heterocycles. The van der Waals surface area contributed by atoms with Gasteiger partial charge in [0, 0.05) is 24.5 Å². The zero-order chi connectivity index (χ0) is 24.4. The predicted molar refractivity (Wildman–Crippen MR) is 148 cm³/mol. The van der Waals surface area contributed by atoms with E-state index >= 15 is 0 Å². The standard InChI is InChI=1S/C22H22N2.2C3H6.C2H6/c1-17(2)21(18-10-6-4-7-11-18)16-19-14-15-24(22(19)23-3)20-12-8-5-9-13-20;2*1-3-2;1-2/h4-16,23H,1H2,2-3H3;2*3H,1H2,2H3;1-2H3/b21-16-;;;.